The predicted octanol–water partition coefficient (Wildman–Crippen LogP) is 2.73. The zero-order valence-electron chi connectivity index (χ0n) is 17.0. The summed E-state index contributed by atoms with van der Waals surface area (Å²) in [5.74, 6) is -0.0888. The van der Waals surface area contributed by atoms with E-state index in [4.69, 9.17) is 10.5 Å². The van der Waals surface area contributed by atoms with Crippen molar-refractivity contribution in [3.63, 3.8) is 0 Å². The number of hydrogen-bond acceptors (Lipinski definition) is 8. The first-order valence-corrected chi connectivity index (χ1v) is 13.1. The highest BCUT2D eigenvalue weighted by atomic mass is 32.2. The van der Waals surface area contributed by atoms with Gasteiger partial charge in [0.05, 0.1) is 22.1 Å². The highest BCUT2D eigenvalue weighted by molar-refractivity contribution is 7.93. The predicted molar refractivity (Wildman–Crippen MR) is 115 cm³/mol. The fraction of sp³-hybridized carbons (Fsp3) is 0.421. The largest absolute Gasteiger partial charge is 0.444 e. The van der Waals surface area contributed by atoms with Crippen LogP contribution in [0.2, 0.25) is 0 Å². The van der Waals surface area contributed by atoms with Crippen molar-refractivity contribution in [3.8, 4) is 0 Å². The SMILES string of the molecule is CC(C)(C)OC(=O)NCc1ccc(S(=O)(=O)c2ccc(S(=O)(=O)CCCN)cc2)s1. The van der Waals surface area contributed by atoms with Crippen molar-refractivity contribution in [1.82, 2.24) is 5.32 Å². The van der Waals surface area contributed by atoms with E-state index in [0.29, 0.717) is 11.3 Å². The maximum atomic E-state index is 12.8. The van der Waals surface area contributed by atoms with E-state index in [-0.39, 0.29) is 32.8 Å². The molecule has 0 bridgehead atoms. The van der Waals surface area contributed by atoms with Gasteiger partial charge in [0.2, 0.25) is 9.84 Å². The summed E-state index contributed by atoms with van der Waals surface area (Å²) >= 11 is 1.03. The second-order valence-corrected chi connectivity index (χ2v) is 13.0. The summed E-state index contributed by atoms with van der Waals surface area (Å²) in [5, 5.41) is 2.58. The molecule has 0 aliphatic rings. The minimum absolute atomic E-state index is 0.00576. The van der Waals surface area contributed by atoms with Crippen LogP contribution in [0, 0.1) is 0 Å². The number of amides is 1. The van der Waals surface area contributed by atoms with Gasteiger partial charge in [0.25, 0.3) is 0 Å². The van der Waals surface area contributed by atoms with Gasteiger partial charge in [-0.1, -0.05) is 0 Å². The fourth-order valence-electron chi connectivity index (χ4n) is 2.40. The van der Waals surface area contributed by atoms with Gasteiger partial charge in [-0.3, -0.25) is 0 Å². The van der Waals surface area contributed by atoms with Crippen LogP contribution in [0.4, 0.5) is 4.79 Å². The van der Waals surface area contributed by atoms with E-state index in [1.165, 1.54) is 30.3 Å². The summed E-state index contributed by atoms with van der Waals surface area (Å²) in [4.78, 5) is 12.4. The monoisotopic (exact) mass is 474 g/mol. The first kappa shape index (κ1) is 24.3. The summed E-state index contributed by atoms with van der Waals surface area (Å²) in [6.07, 6.45) is -0.260. The Kier molecular flexibility index (Phi) is 7.67. The summed E-state index contributed by atoms with van der Waals surface area (Å²) in [7, 11) is -7.30. The lowest BCUT2D eigenvalue weighted by atomic mass is 10.2. The molecule has 2 aromatic rings. The molecule has 0 atom stereocenters. The molecule has 0 unspecified atom stereocenters. The van der Waals surface area contributed by atoms with Gasteiger partial charge in [0.1, 0.15) is 9.81 Å². The van der Waals surface area contributed by atoms with Crippen LogP contribution in [-0.4, -0.2) is 40.8 Å². The molecule has 166 valence electrons. The lowest BCUT2D eigenvalue weighted by Crippen LogP contribution is -2.31. The van der Waals surface area contributed by atoms with Gasteiger partial charge in [-0.25, -0.2) is 21.6 Å². The zero-order valence-corrected chi connectivity index (χ0v) is 19.5. The number of alkyl carbamates (subject to hydrolysis) is 1. The highest BCUT2D eigenvalue weighted by Crippen LogP contribution is 2.28. The third-order valence-electron chi connectivity index (χ3n) is 3.82. The average Bonchev–Trinajstić information content (AvgIpc) is 3.13. The van der Waals surface area contributed by atoms with Crippen molar-refractivity contribution in [1.29, 1.82) is 0 Å². The lowest BCUT2D eigenvalue weighted by molar-refractivity contribution is 0.0524. The Morgan fingerprint density at radius 1 is 1.03 bits per heavy atom. The highest BCUT2D eigenvalue weighted by Gasteiger charge is 2.22. The summed E-state index contributed by atoms with van der Waals surface area (Å²) in [6.45, 7) is 5.63. The first-order valence-electron chi connectivity index (χ1n) is 9.19. The van der Waals surface area contributed by atoms with Gasteiger partial charge >= 0.3 is 6.09 Å². The van der Waals surface area contributed by atoms with Crippen LogP contribution in [0.1, 0.15) is 32.1 Å². The summed E-state index contributed by atoms with van der Waals surface area (Å²) in [5.41, 5.74) is 4.73. The molecule has 1 amide bonds. The molecule has 0 spiro atoms. The number of thiophene rings is 1. The lowest BCUT2D eigenvalue weighted by Gasteiger charge is -2.19. The van der Waals surface area contributed by atoms with Crippen molar-refractivity contribution in [3.05, 3.63) is 41.3 Å². The number of nitrogens with one attached hydrogen (secondary N) is 1. The molecule has 2 rings (SSSR count). The standard InChI is InChI=1S/C19H26N2O6S3/c1-19(2,3)27-18(22)21-13-14-5-10-17(28-14)30(25,26)16-8-6-15(7-9-16)29(23,24)12-4-11-20/h5-10H,4,11-13,20H2,1-3H3,(H,21,22). The molecule has 30 heavy (non-hydrogen) atoms. The normalized spacial score (nSPS) is 12.5. The van der Waals surface area contributed by atoms with E-state index in [2.05, 4.69) is 5.32 Å². The van der Waals surface area contributed by atoms with Crippen LogP contribution < -0.4 is 11.1 Å². The topological polar surface area (TPSA) is 133 Å². The Balaban J connectivity index is 2.12. The van der Waals surface area contributed by atoms with E-state index < -0.39 is 31.4 Å². The molecule has 0 radical (unpaired) electrons. The van der Waals surface area contributed by atoms with Crippen LogP contribution >= 0.6 is 11.3 Å². The van der Waals surface area contributed by atoms with Crippen molar-refractivity contribution < 1.29 is 26.4 Å². The molecular formula is C19H26N2O6S3. The maximum Gasteiger partial charge on any atom is 0.407 e. The molecule has 0 aliphatic heterocycles. The second kappa shape index (κ2) is 9.46. The second-order valence-electron chi connectivity index (χ2n) is 7.51. The number of benzene rings is 1. The quantitative estimate of drug-likeness (QED) is 0.601. The van der Waals surface area contributed by atoms with E-state index >= 15 is 0 Å². The van der Waals surface area contributed by atoms with E-state index in [9.17, 15) is 21.6 Å². The maximum absolute atomic E-state index is 12.8. The third kappa shape index (κ3) is 6.53. The van der Waals surface area contributed by atoms with Crippen LogP contribution in [-0.2, 0) is 31.0 Å². The number of nitrogens with two attached hydrogens (primary N) is 1. The van der Waals surface area contributed by atoms with Gasteiger partial charge < -0.3 is 15.8 Å². The van der Waals surface area contributed by atoms with Gasteiger partial charge in [0.15, 0.2) is 9.84 Å². The molecule has 11 heteroatoms. The zero-order chi connectivity index (χ0) is 22.6. The number of ether oxygens (including phenoxy) is 1. The number of hydrogen-bond donors (Lipinski definition) is 2. The smallest absolute Gasteiger partial charge is 0.407 e. The molecule has 0 fully saturated rings. The van der Waals surface area contributed by atoms with Crippen LogP contribution in [0.25, 0.3) is 0 Å². The van der Waals surface area contributed by atoms with Gasteiger partial charge in [-0.05, 0) is 70.1 Å². The van der Waals surface area contributed by atoms with Crippen LogP contribution in [0.15, 0.2) is 50.4 Å². The number of sulfone groups is 2. The average molecular weight is 475 g/mol. The Hall–Kier alpha value is -1.95. The Bertz CT molecular complexity index is 1080. The van der Waals surface area contributed by atoms with E-state index in [1.807, 2.05) is 0 Å². The van der Waals surface area contributed by atoms with Crippen molar-refractivity contribution >= 4 is 37.1 Å². The van der Waals surface area contributed by atoms with Crippen LogP contribution in [0.5, 0.6) is 0 Å². The van der Waals surface area contributed by atoms with Crippen LogP contribution in [0.3, 0.4) is 0 Å². The number of rotatable bonds is 8. The first-order chi connectivity index (χ1) is 13.8. The molecular weight excluding hydrogens is 448 g/mol. The summed E-state index contributed by atoms with van der Waals surface area (Å²) in [6, 6.07) is 8.21. The Labute approximate surface area is 181 Å². The minimum atomic E-state index is -3.80. The molecule has 1 aromatic heterocycles. The van der Waals surface area contributed by atoms with Crippen molar-refractivity contribution in [2.75, 3.05) is 12.3 Å². The van der Waals surface area contributed by atoms with Crippen molar-refractivity contribution in [2.45, 2.75) is 53.3 Å². The number of carbonyl (C=O) groups is 1. The van der Waals surface area contributed by atoms with E-state index in [1.54, 1.807) is 26.8 Å². The Morgan fingerprint density at radius 2 is 1.63 bits per heavy atom. The molecule has 3 N–H and O–H groups in total. The van der Waals surface area contributed by atoms with Crippen molar-refractivity contribution in [2.24, 2.45) is 5.73 Å². The molecule has 0 aliphatic carbocycles. The third-order valence-corrected chi connectivity index (χ3v) is 8.98. The van der Waals surface area contributed by atoms with Gasteiger partial charge in [0, 0.05) is 4.88 Å². The molecule has 1 aromatic carbocycles. The van der Waals surface area contributed by atoms with Gasteiger partial charge in [-0.2, -0.15) is 0 Å². The minimum Gasteiger partial charge on any atom is -0.444 e. The molecule has 1 heterocycles. The summed E-state index contributed by atoms with van der Waals surface area (Å²) < 4.78 is 55.3. The number of carbonyl (C=O) groups excluding carboxylic acids is 1. The Morgan fingerprint density at radius 3 is 2.20 bits per heavy atom. The molecule has 0 saturated carbocycles. The van der Waals surface area contributed by atoms with E-state index in [0.717, 1.165) is 11.3 Å². The fourth-order valence-corrected chi connectivity index (χ4v) is 6.44. The molecule has 0 saturated heterocycles. The molecule has 8 nitrogen and oxygen atoms in total. The van der Waals surface area contributed by atoms with Gasteiger partial charge in [-0.15, -0.1) is 11.3 Å².